The van der Waals surface area contributed by atoms with Gasteiger partial charge in [0.25, 0.3) is 5.91 Å². The molecule has 0 aliphatic carbocycles. The zero-order chi connectivity index (χ0) is 16.3. The maximum Gasteiger partial charge on any atom is 0.261 e. The number of carbonyl (C=O) groups is 2. The van der Waals surface area contributed by atoms with Crippen LogP contribution in [0.3, 0.4) is 0 Å². The molecule has 1 N–H and O–H groups in total. The van der Waals surface area contributed by atoms with Gasteiger partial charge in [-0.15, -0.1) is 11.3 Å². The molecule has 1 aliphatic rings. The van der Waals surface area contributed by atoms with Crippen LogP contribution in [0.15, 0.2) is 12.1 Å². The lowest BCUT2D eigenvalue weighted by atomic mass is 10.1. The third kappa shape index (κ3) is 4.38. The van der Waals surface area contributed by atoms with Crippen LogP contribution < -0.4 is 5.32 Å². The molecule has 1 saturated heterocycles. The van der Waals surface area contributed by atoms with E-state index in [0.29, 0.717) is 16.3 Å². The van der Waals surface area contributed by atoms with Gasteiger partial charge in [0.15, 0.2) is 5.78 Å². The molecule has 6 heteroatoms. The Morgan fingerprint density at radius 3 is 2.45 bits per heavy atom. The SMILES string of the molecule is CC(=O)c1ccc(C(=O)NC[C@H](C)N2C[C@H](C)O[C@@H](C)C2)s1. The van der Waals surface area contributed by atoms with Gasteiger partial charge in [-0.1, -0.05) is 0 Å². The normalized spacial score (nSPS) is 24.0. The van der Waals surface area contributed by atoms with Gasteiger partial charge in [0.2, 0.25) is 0 Å². The minimum Gasteiger partial charge on any atom is -0.373 e. The number of Topliss-reactive ketones (excluding diaryl/α,β-unsaturated/α-hetero) is 1. The number of nitrogens with one attached hydrogen (secondary N) is 1. The smallest absolute Gasteiger partial charge is 0.261 e. The Bertz CT molecular complexity index is 533. The Kier molecular flexibility index (Phi) is 5.72. The molecule has 122 valence electrons. The minimum absolute atomic E-state index is 0.00582. The largest absolute Gasteiger partial charge is 0.373 e. The van der Waals surface area contributed by atoms with Crippen molar-refractivity contribution in [3.8, 4) is 0 Å². The van der Waals surface area contributed by atoms with Gasteiger partial charge in [-0.25, -0.2) is 0 Å². The Balaban J connectivity index is 1.85. The van der Waals surface area contributed by atoms with Crippen LogP contribution in [0.25, 0.3) is 0 Å². The van der Waals surface area contributed by atoms with Crippen molar-refractivity contribution in [2.75, 3.05) is 19.6 Å². The summed E-state index contributed by atoms with van der Waals surface area (Å²) in [5.74, 6) is -0.118. The summed E-state index contributed by atoms with van der Waals surface area (Å²) in [5, 5.41) is 2.96. The van der Waals surface area contributed by atoms with Gasteiger partial charge in [0.05, 0.1) is 22.0 Å². The van der Waals surface area contributed by atoms with Crippen molar-refractivity contribution in [2.24, 2.45) is 0 Å². The number of amides is 1. The Morgan fingerprint density at radius 2 is 1.91 bits per heavy atom. The molecule has 0 saturated carbocycles. The summed E-state index contributed by atoms with van der Waals surface area (Å²) in [6, 6.07) is 3.67. The lowest BCUT2D eigenvalue weighted by molar-refractivity contribution is -0.0778. The highest BCUT2D eigenvalue weighted by atomic mass is 32.1. The molecule has 2 rings (SSSR count). The second-order valence-corrected chi connectivity index (χ2v) is 7.07. The molecule has 1 fully saturated rings. The van der Waals surface area contributed by atoms with E-state index in [-0.39, 0.29) is 29.9 Å². The number of carbonyl (C=O) groups excluding carboxylic acids is 2. The number of hydrogen-bond acceptors (Lipinski definition) is 5. The van der Waals surface area contributed by atoms with Crippen molar-refractivity contribution in [1.29, 1.82) is 0 Å². The highest BCUT2D eigenvalue weighted by Gasteiger charge is 2.26. The maximum absolute atomic E-state index is 12.1. The Labute approximate surface area is 135 Å². The van der Waals surface area contributed by atoms with Crippen LogP contribution in [0.1, 0.15) is 47.0 Å². The van der Waals surface area contributed by atoms with Gasteiger partial charge in [0, 0.05) is 25.7 Å². The summed E-state index contributed by atoms with van der Waals surface area (Å²) in [7, 11) is 0. The predicted octanol–water partition coefficient (Wildman–Crippen LogP) is 2.18. The van der Waals surface area contributed by atoms with E-state index in [1.807, 2.05) is 0 Å². The van der Waals surface area contributed by atoms with Crippen molar-refractivity contribution in [1.82, 2.24) is 10.2 Å². The molecule has 3 atom stereocenters. The van der Waals surface area contributed by atoms with E-state index >= 15 is 0 Å². The molecule has 1 aromatic rings. The lowest BCUT2D eigenvalue weighted by Gasteiger charge is -2.38. The molecule has 0 bridgehead atoms. The predicted molar refractivity (Wildman–Crippen MR) is 87.7 cm³/mol. The third-order valence-corrected chi connectivity index (χ3v) is 4.99. The maximum atomic E-state index is 12.1. The second kappa shape index (κ2) is 7.35. The van der Waals surface area contributed by atoms with E-state index in [1.165, 1.54) is 18.3 Å². The zero-order valence-corrected chi connectivity index (χ0v) is 14.4. The first-order valence-corrected chi connectivity index (χ1v) is 8.47. The third-order valence-electron chi connectivity index (χ3n) is 3.81. The molecule has 22 heavy (non-hydrogen) atoms. The number of ketones is 1. The van der Waals surface area contributed by atoms with Crippen LogP contribution in [0, 0.1) is 0 Å². The molecular weight excluding hydrogens is 300 g/mol. The van der Waals surface area contributed by atoms with Crippen LogP contribution >= 0.6 is 11.3 Å². The highest BCUT2D eigenvalue weighted by molar-refractivity contribution is 7.15. The van der Waals surface area contributed by atoms with E-state index < -0.39 is 0 Å². The fraction of sp³-hybridized carbons (Fsp3) is 0.625. The van der Waals surface area contributed by atoms with E-state index in [0.717, 1.165) is 13.1 Å². The van der Waals surface area contributed by atoms with Gasteiger partial charge in [0.1, 0.15) is 0 Å². The molecule has 1 amide bonds. The monoisotopic (exact) mass is 324 g/mol. The van der Waals surface area contributed by atoms with Crippen LogP contribution in [0.2, 0.25) is 0 Å². The standard InChI is InChI=1S/C16H24N2O3S/c1-10(18-8-11(2)21-12(3)9-18)7-17-16(20)15-6-5-14(22-15)13(4)19/h5-6,10-12H,7-9H2,1-4H3,(H,17,20)/t10-,11-,12-/m0/s1. The van der Waals surface area contributed by atoms with E-state index in [4.69, 9.17) is 4.74 Å². The van der Waals surface area contributed by atoms with Gasteiger partial charge >= 0.3 is 0 Å². The Hall–Kier alpha value is -1.24. The summed E-state index contributed by atoms with van der Waals surface area (Å²) in [5.41, 5.74) is 0. The number of hydrogen-bond donors (Lipinski definition) is 1. The molecular formula is C16H24N2O3S. The van der Waals surface area contributed by atoms with Gasteiger partial charge in [-0.05, 0) is 39.8 Å². The molecule has 0 spiro atoms. The van der Waals surface area contributed by atoms with Crippen LogP contribution in [0.4, 0.5) is 0 Å². The quantitative estimate of drug-likeness (QED) is 0.844. The molecule has 0 aromatic carbocycles. The van der Waals surface area contributed by atoms with Crippen LogP contribution in [0.5, 0.6) is 0 Å². The van der Waals surface area contributed by atoms with Crippen molar-refractivity contribution < 1.29 is 14.3 Å². The second-order valence-electron chi connectivity index (χ2n) is 5.99. The van der Waals surface area contributed by atoms with Gasteiger partial charge in [-0.2, -0.15) is 0 Å². The molecule has 2 heterocycles. The average Bonchev–Trinajstić information content (AvgIpc) is 2.93. The fourth-order valence-electron chi connectivity index (χ4n) is 2.68. The van der Waals surface area contributed by atoms with Crippen LogP contribution in [-0.4, -0.2) is 54.5 Å². The van der Waals surface area contributed by atoms with Crippen molar-refractivity contribution in [3.05, 3.63) is 21.9 Å². The summed E-state index contributed by atoms with van der Waals surface area (Å²) in [6.45, 7) is 10.1. The minimum atomic E-state index is -0.112. The summed E-state index contributed by atoms with van der Waals surface area (Å²) in [6.07, 6.45) is 0.439. The summed E-state index contributed by atoms with van der Waals surface area (Å²) < 4.78 is 5.73. The number of thiophene rings is 1. The number of morpholine rings is 1. The van der Waals surface area contributed by atoms with E-state index in [2.05, 4.69) is 31.0 Å². The van der Waals surface area contributed by atoms with Crippen LogP contribution in [-0.2, 0) is 4.74 Å². The molecule has 0 unspecified atom stereocenters. The Morgan fingerprint density at radius 1 is 1.32 bits per heavy atom. The molecule has 5 nitrogen and oxygen atoms in total. The van der Waals surface area contributed by atoms with Crippen molar-refractivity contribution >= 4 is 23.0 Å². The highest BCUT2D eigenvalue weighted by Crippen LogP contribution is 2.17. The van der Waals surface area contributed by atoms with Crippen molar-refractivity contribution in [3.63, 3.8) is 0 Å². The van der Waals surface area contributed by atoms with Gasteiger partial charge < -0.3 is 10.1 Å². The molecule has 1 aromatic heterocycles. The lowest BCUT2D eigenvalue weighted by Crippen LogP contribution is -2.52. The van der Waals surface area contributed by atoms with E-state index in [1.54, 1.807) is 12.1 Å². The molecule has 1 aliphatic heterocycles. The number of rotatable bonds is 5. The van der Waals surface area contributed by atoms with Crippen molar-refractivity contribution in [2.45, 2.75) is 45.9 Å². The average molecular weight is 324 g/mol. The summed E-state index contributed by atoms with van der Waals surface area (Å²) in [4.78, 5) is 27.0. The van der Waals surface area contributed by atoms with Gasteiger partial charge in [-0.3, -0.25) is 14.5 Å². The van der Waals surface area contributed by atoms with E-state index in [9.17, 15) is 9.59 Å². The number of nitrogens with zero attached hydrogens (tertiary/aromatic N) is 1. The first-order valence-electron chi connectivity index (χ1n) is 7.65. The first-order chi connectivity index (χ1) is 10.4. The fourth-order valence-corrected chi connectivity index (χ4v) is 3.50. The number of ether oxygens (including phenoxy) is 1. The topological polar surface area (TPSA) is 58.6 Å². The zero-order valence-electron chi connectivity index (χ0n) is 13.6. The molecule has 0 radical (unpaired) electrons. The summed E-state index contributed by atoms with van der Waals surface area (Å²) >= 11 is 1.24. The first kappa shape index (κ1) is 17.1.